The zero-order chi connectivity index (χ0) is 21.4. The predicted molar refractivity (Wildman–Crippen MR) is 111 cm³/mol. The molecule has 154 valence electrons. The standard InChI is InChI=1S/C21H21Cl2NO5/c1-13(25)2-9-18(21(27)28)24-20(26)11-5-14-3-7-16(8-4-14)29-19-10-6-15(22)12-17(19)23/h3-4,6-8,10,12,18H,2,5,9,11H2,1H3,(H,24,26)(H,27,28)/t18-/m0/s1. The van der Waals surface area contributed by atoms with Crippen molar-refractivity contribution in [3.05, 3.63) is 58.1 Å². The molecule has 6 nitrogen and oxygen atoms in total. The fraction of sp³-hybridized carbons (Fsp3) is 0.286. The van der Waals surface area contributed by atoms with Crippen molar-refractivity contribution in [1.82, 2.24) is 5.32 Å². The summed E-state index contributed by atoms with van der Waals surface area (Å²) in [4.78, 5) is 34.2. The van der Waals surface area contributed by atoms with E-state index in [1.807, 2.05) is 12.1 Å². The van der Waals surface area contributed by atoms with Gasteiger partial charge in [0.15, 0.2) is 0 Å². The molecule has 0 bridgehead atoms. The van der Waals surface area contributed by atoms with Gasteiger partial charge in [0.1, 0.15) is 23.3 Å². The number of hydrogen-bond donors (Lipinski definition) is 2. The molecule has 1 atom stereocenters. The van der Waals surface area contributed by atoms with E-state index in [1.165, 1.54) is 6.92 Å². The number of carbonyl (C=O) groups excluding carboxylic acids is 2. The second-order valence-electron chi connectivity index (χ2n) is 6.52. The Labute approximate surface area is 178 Å². The highest BCUT2D eigenvalue weighted by atomic mass is 35.5. The van der Waals surface area contributed by atoms with Gasteiger partial charge in [0.2, 0.25) is 5.91 Å². The average Bonchev–Trinajstić information content (AvgIpc) is 2.66. The second kappa shape index (κ2) is 10.8. The number of rotatable bonds is 10. The maximum atomic E-state index is 12.0. The van der Waals surface area contributed by atoms with E-state index < -0.39 is 12.0 Å². The Bertz CT molecular complexity index is 883. The van der Waals surface area contributed by atoms with E-state index in [9.17, 15) is 14.4 Å². The number of nitrogens with one attached hydrogen (secondary N) is 1. The maximum absolute atomic E-state index is 12.0. The number of aryl methyl sites for hydroxylation is 1. The van der Waals surface area contributed by atoms with E-state index in [0.717, 1.165) is 5.56 Å². The lowest BCUT2D eigenvalue weighted by Gasteiger charge is -2.14. The highest BCUT2D eigenvalue weighted by Gasteiger charge is 2.20. The minimum atomic E-state index is -1.15. The number of benzene rings is 2. The molecule has 2 aromatic rings. The highest BCUT2D eigenvalue weighted by Crippen LogP contribution is 2.31. The molecular formula is C21H21Cl2NO5. The Morgan fingerprint density at radius 1 is 1.07 bits per heavy atom. The number of halogens is 2. The first-order valence-corrected chi connectivity index (χ1v) is 9.73. The van der Waals surface area contributed by atoms with E-state index in [-0.39, 0.29) is 31.0 Å². The molecule has 0 saturated carbocycles. The smallest absolute Gasteiger partial charge is 0.326 e. The van der Waals surface area contributed by atoms with E-state index >= 15 is 0 Å². The van der Waals surface area contributed by atoms with Gasteiger partial charge in [-0.2, -0.15) is 0 Å². The molecule has 0 spiro atoms. The fourth-order valence-electron chi connectivity index (χ4n) is 2.54. The second-order valence-corrected chi connectivity index (χ2v) is 7.36. The summed E-state index contributed by atoms with van der Waals surface area (Å²) in [7, 11) is 0. The number of aliphatic carboxylic acids is 1. The number of carbonyl (C=O) groups is 3. The minimum absolute atomic E-state index is 0.0791. The van der Waals surface area contributed by atoms with Crippen molar-refractivity contribution in [2.24, 2.45) is 0 Å². The maximum Gasteiger partial charge on any atom is 0.326 e. The van der Waals surface area contributed by atoms with Crippen molar-refractivity contribution in [3.63, 3.8) is 0 Å². The first-order valence-electron chi connectivity index (χ1n) is 8.98. The van der Waals surface area contributed by atoms with E-state index in [2.05, 4.69) is 5.32 Å². The summed E-state index contributed by atoms with van der Waals surface area (Å²) >= 11 is 11.9. The Balaban J connectivity index is 1.86. The number of carboxylic acid groups (broad SMARTS) is 1. The van der Waals surface area contributed by atoms with Crippen molar-refractivity contribution in [2.45, 2.75) is 38.6 Å². The summed E-state index contributed by atoms with van der Waals surface area (Å²) in [6, 6.07) is 11.0. The zero-order valence-corrected chi connectivity index (χ0v) is 17.3. The lowest BCUT2D eigenvalue weighted by molar-refractivity contribution is -0.142. The SMILES string of the molecule is CC(=O)CC[C@H](NC(=O)CCc1ccc(Oc2ccc(Cl)cc2Cl)cc1)C(=O)O. The van der Waals surface area contributed by atoms with Crippen molar-refractivity contribution < 1.29 is 24.2 Å². The van der Waals surface area contributed by atoms with Crippen LogP contribution >= 0.6 is 23.2 Å². The van der Waals surface area contributed by atoms with Gasteiger partial charge in [-0.25, -0.2) is 4.79 Å². The topological polar surface area (TPSA) is 92.7 Å². The molecular weight excluding hydrogens is 417 g/mol. The molecule has 2 rings (SSSR count). The number of ether oxygens (including phenoxy) is 1. The molecule has 0 radical (unpaired) electrons. The lowest BCUT2D eigenvalue weighted by atomic mass is 10.1. The van der Waals surface area contributed by atoms with Gasteiger partial charge in [0.25, 0.3) is 0 Å². The Morgan fingerprint density at radius 2 is 1.76 bits per heavy atom. The highest BCUT2D eigenvalue weighted by molar-refractivity contribution is 6.35. The summed E-state index contributed by atoms with van der Waals surface area (Å²) in [6.07, 6.45) is 0.756. The molecule has 29 heavy (non-hydrogen) atoms. The van der Waals surface area contributed by atoms with Gasteiger partial charge in [0.05, 0.1) is 5.02 Å². The zero-order valence-electron chi connectivity index (χ0n) is 15.8. The number of ketones is 1. The largest absolute Gasteiger partial charge is 0.480 e. The van der Waals surface area contributed by atoms with Crippen LogP contribution in [0.2, 0.25) is 10.0 Å². The Morgan fingerprint density at radius 3 is 2.34 bits per heavy atom. The average molecular weight is 438 g/mol. The van der Waals surface area contributed by atoms with Crippen LogP contribution < -0.4 is 10.1 Å². The van der Waals surface area contributed by atoms with Crippen LogP contribution in [0.5, 0.6) is 11.5 Å². The van der Waals surface area contributed by atoms with E-state index in [1.54, 1.807) is 30.3 Å². The number of hydrogen-bond acceptors (Lipinski definition) is 4. The van der Waals surface area contributed by atoms with Gasteiger partial charge in [-0.15, -0.1) is 0 Å². The molecule has 0 fully saturated rings. The van der Waals surface area contributed by atoms with Crippen LogP contribution in [0.15, 0.2) is 42.5 Å². The summed E-state index contributed by atoms with van der Waals surface area (Å²) in [5, 5.41) is 12.5. The molecule has 0 unspecified atom stereocenters. The van der Waals surface area contributed by atoms with Crippen molar-refractivity contribution in [1.29, 1.82) is 0 Å². The molecule has 2 aromatic carbocycles. The van der Waals surface area contributed by atoms with Gasteiger partial charge in [-0.3, -0.25) is 4.79 Å². The Kier molecular flexibility index (Phi) is 8.49. The van der Waals surface area contributed by atoms with Crippen LogP contribution in [0, 0.1) is 0 Å². The van der Waals surface area contributed by atoms with Gasteiger partial charge in [-0.1, -0.05) is 35.3 Å². The molecule has 2 N–H and O–H groups in total. The molecule has 0 aliphatic carbocycles. The molecule has 8 heteroatoms. The van der Waals surface area contributed by atoms with Gasteiger partial charge >= 0.3 is 5.97 Å². The monoisotopic (exact) mass is 437 g/mol. The molecule has 0 aliphatic heterocycles. The lowest BCUT2D eigenvalue weighted by Crippen LogP contribution is -2.41. The third kappa shape index (κ3) is 7.75. The fourth-order valence-corrected chi connectivity index (χ4v) is 2.99. The first-order chi connectivity index (χ1) is 13.7. The molecule has 1 amide bonds. The third-order valence-electron chi connectivity index (χ3n) is 4.10. The molecule has 0 aliphatic rings. The van der Waals surface area contributed by atoms with Crippen molar-refractivity contribution >= 4 is 40.9 Å². The Hall–Kier alpha value is -2.57. The van der Waals surface area contributed by atoms with Crippen LogP contribution in [0.3, 0.4) is 0 Å². The molecule has 0 aromatic heterocycles. The van der Waals surface area contributed by atoms with Gasteiger partial charge < -0.3 is 20.0 Å². The van der Waals surface area contributed by atoms with E-state index in [0.29, 0.717) is 28.0 Å². The van der Waals surface area contributed by atoms with Crippen LogP contribution in [0.4, 0.5) is 0 Å². The molecule has 0 heterocycles. The normalized spacial score (nSPS) is 11.6. The molecule has 0 saturated heterocycles. The van der Waals surface area contributed by atoms with Gasteiger partial charge in [0, 0.05) is 17.9 Å². The summed E-state index contributed by atoms with van der Waals surface area (Å²) in [5.41, 5.74) is 0.894. The van der Waals surface area contributed by atoms with Gasteiger partial charge in [-0.05, 0) is 55.7 Å². The number of carboxylic acids is 1. The number of Topliss-reactive ketones (excluding diaryl/α,β-unsaturated/α-hetero) is 1. The first kappa shape index (κ1) is 22.7. The van der Waals surface area contributed by atoms with Crippen LogP contribution in [0.1, 0.15) is 31.7 Å². The summed E-state index contributed by atoms with van der Waals surface area (Å²) in [6.45, 7) is 1.38. The summed E-state index contributed by atoms with van der Waals surface area (Å²) in [5.74, 6) is -0.588. The van der Waals surface area contributed by atoms with Crippen molar-refractivity contribution in [3.8, 4) is 11.5 Å². The minimum Gasteiger partial charge on any atom is -0.480 e. The summed E-state index contributed by atoms with van der Waals surface area (Å²) < 4.78 is 5.71. The van der Waals surface area contributed by atoms with Crippen LogP contribution in [0.25, 0.3) is 0 Å². The number of amides is 1. The quantitative estimate of drug-likeness (QED) is 0.563. The van der Waals surface area contributed by atoms with Crippen LogP contribution in [-0.2, 0) is 20.8 Å². The van der Waals surface area contributed by atoms with Crippen LogP contribution in [-0.4, -0.2) is 28.8 Å². The van der Waals surface area contributed by atoms with Crippen molar-refractivity contribution in [2.75, 3.05) is 0 Å². The van der Waals surface area contributed by atoms with E-state index in [4.69, 9.17) is 33.0 Å². The predicted octanol–water partition coefficient (Wildman–Crippen LogP) is 4.66. The third-order valence-corrected chi connectivity index (χ3v) is 4.63.